The van der Waals surface area contributed by atoms with E-state index < -0.39 is 20.0 Å². The van der Waals surface area contributed by atoms with Gasteiger partial charge in [-0.3, -0.25) is 4.72 Å². The monoisotopic (exact) mass is 379 g/mol. The molecule has 0 bridgehead atoms. The lowest BCUT2D eigenvalue weighted by Crippen LogP contribution is -2.22. The molecule has 0 fully saturated rings. The van der Waals surface area contributed by atoms with Crippen molar-refractivity contribution >= 4 is 25.7 Å². The molecule has 0 amide bonds. The average Bonchev–Trinajstić information content (AvgIpc) is 2.56. The van der Waals surface area contributed by atoms with E-state index in [2.05, 4.69) is 4.72 Å². The Balaban J connectivity index is 2.48. The summed E-state index contributed by atoms with van der Waals surface area (Å²) in [6, 6.07) is 11.7. The highest BCUT2D eigenvalue weighted by Gasteiger charge is 2.21. The summed E-state index contributed by atoms with van der Waals surface area (Å²) >= 11 is 0. The first-order valence-electron chi connectivity index (χ1n) is 7.14. The van der Waals surface area contributed by atoms with Gasteiger partial charge < -0.3 is 0 Å². The zero-order valence-corrected chi connectivity index (χ0v) is 15.5. The van der Waals surface area contributed by atoms with Gasteiger partial charge in [0.2, 0.25) is 10.0 Å². The number of anilines is 1. The second-order valence-corrected chi connectivity index (χ2v) is 9.34. The number of sulfonamides is 2. The molecule has 2 aromatic rings. The maximum atomic E-state index is 12.5. The van der Waals surface area contributed by atoms with Crippen molar-refractivity contribution in [1.29, 1.82) is 5.26 Å². The van der Waals surface area contributed by atoms with Gasteiger partial charge >= 0.3 is 0 Å². The van der Waals surface area contributed by atoms with E-state index in [1.807, 2.05) is 6.07 Å². The fourth-order valence-electron chi connectivity index (χ4n) is 2.02. The van der Waals surface area contributed by atoms with Gasteiger partial charge in [0.25, 0.3) is 10.0 Å². The fraction of sp³-hybridized carbons (Fsp3) is 0.188. The summed E-state index contributed by atoms with van der Waals surface area (Å²) in [4.78, 5) is -0.0987. The van der Waals surface area contributed by atoms with Crippen LogP contribution in [0.3, 0.4) is 0 Å². The maximum Gasteiger partial charge on any atom is 0.261 e. The summed E-state index contributed by atoms with van der Waals surface area (Å²) in [5.41, 5.74) is 0.937. The van der Waals surface area contributed by atoms with Gasteiger partial charge in [-0.2, -0.15) is 5.26 Å². The van der Waals surface area contributed by atoms with Gasteiger partial charge in [-0.1, -0.05) is 12.1 Å². The summed E-state index contributed by atoms with van der Waals surface area (Å²) < 4.78 is 53.0. The van der Waals surface area contributed by atoms with Crippen LogP contribution in [0.25, 0.3) is 0 Å². The highest BCUT2D eigenvalue weighted by Crippen LogP contribution is 2.24. The van der Waals surface area contributed by atoms with Crippen molar-refractivity contribution in [3.8, 4) is 6.07 Å². The van der Waals surface area contributed by atoms with Gasteiger partial charge in [0.05, 0.1) is 27.1 Å². The van der Waals surface area contributed by atoms with Gasteiger partial charge in [-0.25, -0.2) is 21.1 Å². The lowest BCUT2D eigenvalue weighted by molar-refractivity contribution is 0.520. The minimum atomic E-state index is -3.96. The van der Waals surface area contributed by atoms with Gasteiger partial charge in [-0.05, 0) is 42.8 Å². The SMILES string of the molecule is Cc1ccc(S(=O)(=O)N(C)C)cc1NS(=O)(=O)c1cccc(C#N)c1. The summed E-state index contributed by atoms with van der Waals surface area (Å²) in [7, 11) is -4.86. The third-order valence-corrected chi connectivity index (χ3v) is 6.68. The fourth-order valence-corrected chi connectivity index (χ4v) is 4.11. The van der Waals surface area contributed by atoms with Crippen molar-refractivity contribution in [1.82, 2.24) is 4.31 Å². The number of hydrogen-bond acceptors (Lipinski definition) is 5. The molecule has 0 heterocycles. The van der Waals surface area contributed by atoms with Crippen LogP contribution in [0, 0.1) is 18.3 Å². The lowest BCUT2D eigenvalue weighted by atomic mass is 10.2. The van der Waals surface area contributed by atoms with Crippen molar-refractivity contribution in [2.45, 2.75) is 16.7 Å². The summed E-state index contributed by atoms with van der Waals surface area (Å²) in [6.07, 6.45) is 0. The first-order valence-corrected chi connectivity index (χ1v) is 10.1. The molecule has 0 unspecified atom stereocenters. The molecule has 25 heavy (non-hydrogen) atoms. The molecule has 2 aromatic carbocycles. The second-order valence-electron chi connectivity index (χ2n) is 5.51. The molecule has 0 saturated carbocycles. The molecule has 0 aliphatic rings. The average molecular weight is 379 g/mol. The first kappa shape index (κ1) is 18.9. The molecule has 0 atom stereocenters. The number of hydrogen-bond donors (Lipinski definition) is 1. The molecule has 0 aliphatic carbocycles. The van der Waals surface area contributed by atoms with Crippen LogP contribution in [0.1, 0.15) is 11.1 Å². The quantitative estimate of drug-likeness (QED) is 0.854. The lowest BCUT2D eigenvalue weighted by Gasteiger charge is -2.15. The molecule has 9 heteroatoms. The standard InChI is InChI=1S/C16H17N3O4S2/c1-12-7-8-15(25(22,23)19(2)3)10-16(12)18-24(20,21)14-6-4-5-13(9-14)11-17/h4-10,18H,1-3H3. The molecular formula is C16H17N3O4S2. The number of aryl methyl sites for hydroxylation is 1. The molecule has 132 valence electrons. The number of nitriles is 1. The van der Waals surface area contributed by atoms with E-state index in [0.717, 1.165) is 4.31 Å². The summed E-state index contributed by atoms with van der Waals surface area (Å²) in [5, 5.41) is 8.90. The molecule has 0 saturated heterocycles. The second kappa shape index (κ2) is 6.84. The molecule has 1 N–H and O–H groups in total. The van der Waals surface area contributed by atoms with Crippen molar-refractivity contribution in [3.05, 3.63) is 53.6 Å². The molecular weight excluding hydrogens is 362 g/mol. The zero-order chi connectivity index (χ0) is 18.8. The predicted octanol–water partition coefficient (Wildman–Crippen LogP) is 1.92. The Bertz CT molecular complexity index is 1050. The number of nitrogens with one attached hydrogen (secondary N) is 1. The van der Waals surface area contributed by atoms with Crippen LogP contribution in [-0.4, -0.2) is 35.2 Å². The number of rotatable bonds is 5. The molecule has 0 radical (unpaired) electrons. The van der Waals surface area contributed by atoms with Crippen molar-refractivity contribution in [3.63, 3.8) is 0 Å². The predicted molar refractivity (Wildman–Crippen MR) is 94.0 cm³/mol. The zero-order valence-electron chi connectivity index (χ0n) is 13.9. The van der Waals surface area contributed by atoms with E-state index in [-0.39, 0.29) is 21.0 Å². The van der Waals surface area contributed by atoms with Crippen LogP contribution < -0.4 is 4.72 Å². The molecule has 0 spiro atoms. The van der Waals surface area contributed by atoms with Gasteiger partial charge in [0.15, 0.2) is 0 Å². The summed E-state index contributed by atoms with van der Waals surface area (Å²) in [5.74, 6) is 0. The van der Waals surface area contributed by atoms with Gasteiger partial charge in [0, 0.05) is 14.1 Å². The van der Waals surface area contributed by atoms with Crippen LogP contribution >= 0.6 is 0 Å². The van der Waals surface area contributed by atoms with Gasteiger partial charge in [0.1, 0.15) is 0 Å². The Morgan fingerprint density at radius 2 is 1.68 bits per heavy atom. The molecule has 0 aromatic heterocycles. The van der Waals surface area contributed by atoms with Gasteiger partial charge in [-0.15, -0.1) is 0 Å². The molecule has 7 nitrogen and oxygen atoms in total. The van der Waals surface area contributed by atoms with E-state index in [9.17, 15) is 16.8 Å². The van der Waals surface area contributed by atoms with Crippen LogP contribution in [0.5, 0.6) is 0 Å². The van der Waals surface area contributed by atoms with E-state index in [1.54, 1.807) is 6.92 Å². The van der Waals surface area contributed by atoms with Crippen LogP contribution in [-0.2, 0) is 20.0 Å². The highest BCUT2D eigenvalue weighted by molar-refractivity contribution is 7.92. The van der Waals surface area contributed by atoms with E-state index >= 15 is 0 Å². The Labute approximate surface area is 147 Å². The summed E-state index contributed by atoms with van der Waals surface area (Å²) in [6.45, 7) is 1.66. The van der Waals surface area contributed by atoms with E-state index in [1.165, 1.54) is 56.6 Å². The minimum absolute atomic E-state index is 0.0217. The van der Waals surface area contributed by atoms with E-state index in [4.69, 9.17) is 5.26 Å². The first-order chi connectivity index (χ1) is 11.6. The van der Waals surface area contributed by atoms with Crippen LogP contribution in [0.15, 0.2) is 52.3 Å². The number of nitrogens with zero attached hydrogens (tertiary/aromatic N) is 2. The Morgan fingerprint density at radius 1 is 1.00 bits per heavy atom. The van der Waals surface area contributed by atoms with Crippen LogP contribution in [0.2, 0.25) is 0 Å². The Hall–Kier alpha value is -2.41. The molecule has 2 rings (SSSR count). The van der Waals surface area contributed by atoms with E-state index in [0.29, 0.717) is 5.56 Å². The smallest absolute Gasteiger partial charge is 0.261 e. The van der Waals surface area contributed by atoms with Crippen molar-refractivity contribution < 1.29 is 16.8 Å². The largest absolute Gasteiger partial charge is 0.279 e. The van der Waals surface area contributed by atoms with Crippen LogP contribution in [0.4, 0.5) is 5.69 Å². The third-order valence-electron chi connectivity index (χ3n) is 3.51. The molecule has 0 aliphatic heterocycles. The topological polar surface area (TPSA) is 107 Å². The number of benzene rings is 2. The Morgan fingerprint density at radius 3 is 2.28 bits per heavy atom. The normalized spacial score (nSPS) is 12.0. The highest BCUT2D eigenvalue weighted by atomic mass is 32.2. The van der Waals surface area contributed by atoms with Crippen molar-refractivity contribution in [2.24, 2.45) is 0 Å². The Kier molecular flexibility index (Phi) is 5.17. The van der Waals surface area contributed by atoms with Crippen molar-refractivity contribution in [2.75, 3.05) is 18.8 Å². The maximum absolute atomic E-state index is 12.5. The third kappa shape index (κ3) is 3.99. The minimum Gasteiger partial charge on any atom is -0.279 e.